The molecule has 0 heterocycles. The predicted octanol–water partition coefficient (Wildman–Crippen LogP) is 2.69. The highest BCUT2D eigenvalue weighted by Gasteiger charge is 2.19. The van der Waals surface area contributed by atoms with Crippen LogP contribution < -0.4 is 10.5 Å². The molecule has 20 heavy (non-hydrogen) atoms. The first-order valence-electron chi connectivity index (χ1n) is 7.37. The molecule has 1 aliphatic rings. The van der Waals surface area contributed by atoms with E-state index in [1.807, 2.05) is 30.1 Å². The highest BCUT2D eigenvalue weighted by atomic mass is 16.5. The van der Waals surface area contributed by atoms with Crippen molar-refractivity contribution >= 4 is 11.6 Å². The summed E-state index contributed by atoms with van der Waals surface area (Å²) in [4.78, 5) is 13.9. The maximum Gasteiger partial charge on any atom is 0.225 e. The molecule has 0 bridgehead atoms. The van der Waals surface area contributed by atoms with Crippen LogP contribution in [-0.4, -0.2) is 31.0 Å². The summed E-state index contributed by atoms with van der Waals surface area (Å²) in [5.41, 5.74) is 6.35. The minimum atomic E-state index is 0.154. The number of nitrogens with two attached hydrogens (primary N) is 1. The molecule has 0 aliphatic heterocycles. The second-order valence-electron chi connectivity index (χ2n) is 5.60. The number of benzene rings is 1. The molecule has 1 fully saturated rings. The Balaban J connectivity index is 1.68. The van der Waals surface area contributed by atoms with Gasteiger partial charge in [0.05, 0.1) is 13.0 Å². The molecule has 110 valence electrons. The Bertz CT molecular complexity index is 442. The zero-order valence-corrected chi connectivity index (χ0v) is 12.2. The van der Waals surface area contributed by atoms with Gasteiger partial charge in [0.2, 0.25) is 5.91 Å². The Morgan fingerprint density at radius 3 is 2.85 bits per heavy atom. The van der Waals surface area contributed by atoms with E-state index in [1.54, 1.807) is 6.07 Å². The van der Waals surface area contributed by atoms with Crippen LogP contribution in [0.4, 0.5) is 5.69 Å². The van der Waals surface area contributed by atoms with Crippen molar-refractivity contribution in [2.24, 2.45) is 5.92 Å². The van der Waals surface area contributed by atoms with Crippen LogP contribution in [0.25, 0.3) is 0 Å². The van der Waals surface area contributed by atoms with E-state index in [1.165, 1.54) is 25.7 Å². The van der Waals surface area contributed by atoms with E-state index < -0.39 is 0 Å². The predicted molar refractivity (Wildman–Crippen MR) is 80.6 cm³/mol. The standard InChI is InChI=1S/C16H24N2O2/c1-18(12-13-5-2-3-6-13)16(19)9-10-20-15-8-4-7-14(17)11-15/h4,7-8,11,13H,2-3,5-6,9-10,12,17H2,1H3. The van der Waals surface area contributed by atoms with Crippen molar-refractivity contribution in [2.75, 3.05) is 25.9 Å². The summed E-state index contributed by atoms with van der Waals surface area (Å²) in [6, 6.07) is 7.28. The lowest BCUT2D eigenvalue weighted by molar-refractivity contribution is -0.130. The summed E-state index contributed by atoms with van der Waals surface area (Å²) < 4.78 is 5.55. The Labute approximate surface area is 120 Å². The number of rotatable bonds is 6. The summed E-state index contributed by atoms with van der Waals surface area (Å²) >= 11 is 0. The molecule has 2 N–H and O–H groups in total. The third-order valence-electron chi connectivity index (χ3n) is 3.88. The highest BCUT2D eigenvalue weighted by molar-refractivity contribution is 5.76. The smallest absolute Gasteiger partial charge is 0.225 e. The second-order valence-corrected chi connectivity index (χ2v) is 5.60. The van der Waals surface area contributed by atoms with Crippen molar-refractivity contribution in [2.45, 2.75) is 32.1 Å². The Morgan fingerprint density at radius 2 is 2.15 bits per heavy atom. The van der Waals surface area contributed by atoms with Gasteiger partial charge in [0.25, 0.3) is 0 Å². The normalized spacial score (nSPS) is 15.2. The molecule has 0 atom stereocenters. The van der Waals surface area contributed by atoms with Crippen molar-refractivity contribution in [3.8, 4) is 5.75 Å². The van der Waals surface area contributed by atoms with Crippen molar-refractivity contribution in [3.63, 3.8) is 0 Å². The molecular weight excluding hydrogens is 252 g/mol. The molecular formula is C16H24N2O2. The number of carbonyl (C=O) groups excluding carboxylic acids is 1. The number of anilines is 1. The van der Waals surface area contributed by atoms with Crippen molar-refractivity contribution < 1.29 is 9.53 Å². The molecule has 0 saturated heterocycles. The molecule has 1 saturated carbocycles. The summed E-state index contributed by atoms with van der Waals surface area (Å²) in [7, 11) is 1.89. The number of carbonyl (C=O) groups is 1. The quantitative estimate of drug-likeness (QED) is 0.813. The van der Waals surface area contributed by atoms with Crippen LogP contribution in [-0.2, 0) is 4.79 Å². The van der Waals surface area contributed by atoms with E-state index in [4.69, 9.17) is 10.5 Å². The first-order valence-corrected chi connectivity index (χ1v) is 7.37. The van der Waals surface area contributed by atoms with E-state index >= 15 is 0 Å². The Kier molecular flexibility index (Phi) is 5.27. The minimum Gasteiger partial charge on any atom is -0.493 e. The molecule has 0 aromatic heterocycles. The lowest BCUT2D eigenvalue weighted by Crippen LogP contribution is -2.32. The molecule has 0 radical (unpaired) electrons. The molecule has 0 unspecified atom stereocenters. The van der Waals surface area contributed by atoms with Gasteiger partial charge in [-0.3, -0.25) is 4.79 Å². The van der Waals surface area contributed by atoms with E-state index in [0.717, 1.165) is 12.3 Å². The minimum absolute atomic E-state index is 0.154. The highest BCUT2D eigenvalue weighted by Crippen LogP contribution is 2.25. The average Bonchev–Trinajstić information content (AvgIpc) is 2.91. The number of nitrogen functional groups attached to an aromatic ring is 1. The fourth-order valence-corrected chi connectivity index (χ4v) is 2.73. The summed E-state index contributed by atoms with van der Waals surface area (Å²) in [6.45, 7) is 1.29. The van der Waals surface area contributed by atoms with Gasteiger partial charge in [0.15, 0.2) is 0 Å². The SMILES string of the molecule is CN(CC1CCCC1)C(=O)CCOc1cccc(N)c1. The number of hydrogen-bond donors (Lipinski definition) is 1. The number of nitrogens with zero attached hydrogens (tertiary/aromatic N) is 1. The van der Waals surface area contributed by atoms with Crippen LogP contribution in [0.1, 0.15) is 32.1 Å². The molecule has 0 spiro atoms. The molecule has 1 aromatic rings. The number of amides is 1. The van der Waals surface area contributed by atoms with Crippen LogP contribution in [0.15, 0.2) is 24.3 Å². The van der Waals surface area contributed by atoms with Gasteiger partial charge in [0.1, 0.15) is 5.75 Å². The van der Waals surface area contributed by atoms with Crippen molar-refractivity contribution in [1.29, 1.82) is 0 Å². The molecule has 1 aliphatic carbocycles. The number of hydrogen-bond acceptors (Lipinski definition) is 3. The van der Waals surface area contributed by atoms with E-state index in [0.29, 0.717) is 24.6 Å². The van der Waals surface area contributed by atoms with Gasteiger partial charge in [0, 0.05) is 25.3 Å². The van der Waals surface area contributed by atoms with Gasteiger partial charge in [-0.05, 0) is 30.9 Å². The molecule has 1 amide bonds. The van der Waals surface area contributed by atoms with E-state index in [2.05, 4.69) is 0 Å². The largest absolute Gasteiger partial charge is 0.493 e. The Hall–Kier alpha value is -1.71. The molecule has 2 rings (SSSR count). The topological polar surface area (TPSA) is 55.6 Å². The Morgan fingerprint density at radius 1 is 1.40 bits per heavy atom. The first-order chi connectivity index (χ1) is 9.65. The van der Waals surface area contributed by atoms with Gasteiger partial charge in [-0.1, -0.05) is 18.9 Å². The fourth-order valence-electron chi connectivity index (χ4n) is 2.73. The summed E-state index contributed by atoms with van der Waals surface area (Å²) in [5, 5.41) is 0. The van der Waals surface area contributed by atoms with Crippen LogP contribution >= 0.6 is 0 Å². The number of ether oxygens (including phenoxy) is 1. The third-order valence-corrected chi connectivity index (χ3v) is 3.88. The first kappa shape index (κ1) is 14.7. The van der Waals surface area contributed by atoms with Crippen molar-refractivity contribution in [3.05, 3.63) is 24.3 Å². The van der Waals surface area contributed by atoms with E-state index in [-0.39, 0.29) is 5.91 Å². The zero-order valence-electron chi connectivity index (χ0n) is 12.2. The van der Waals surface area contributed by atoms with Gasteiger partial charge < -0.3 is 15.4 Å². The van der Waals surface area contributed by atoms with Crippen LogP contribution in [0.2, 0.25) is 0 Å². The summed E-state index contributed by atoms with van der Waals surface area (Å²) in [6.07, 6.45) is 5.56. The third kappa shape index (κ3) is 4.44. The van der Waals surface area contributed by atoms with Crippen LogP contribution in [0.3, 0.4) is 0 Å². The fraction of sp³-hybridized carbons (Fsp3) is 0.562. The average molecular weight is 276 g/mol. The molecule has 1 aromatic carbocycles. The van der Waals surface area contributed by atoms with Gasteiger partial charge in [-0.25, -0.2) is 0 Å². The van der Waals surface area contributed by atoms with Gasteiger partial charge >= 0.3 is 0 Å². The zero-order chi connectivity index (χ0) is 14.4. The van der Waals surface area contributed by atoms with Gasteiger partial charge in [-0.15, -0.1) is 0 Å². The van der Waals surface area contributed by atoms with Crippen LogP contribution in [0, 0.1) is 5.92 Å². The van der Waals surface area contributed by atoms with Crippen LogP contribution in [0.5, 0.6) is 5.75 Å². The second kappa shape index (κ2) is 7.17. The lowest BCUT2D eigenvalue weighted by atomic mass is 10.1. The molecule has 4 nitrogen and oxygen atoms in total. The van der Waals surface area contributed by atoms with Crippen molar-refractivity contribution in [1.82, 2.24) is 4.90 Å². The van der Waals surface area contributed by atoms with E-state index in [9.17, 15) is 4.79 Å². The monoisotopic (exact) mass is 276 g/mol. The lowest BCUT2D eigenvalue weighted by Gasteiger charge is -2.21. The van der Waals surface area contributed by atoms with Gasteiger partial charge in [-0.2, -0.15) is 0 Å². The molecule has 4 heteroatoms. The maximum atomic E-state index is 12.0. The maximum absolute atomic E-state index is 12.0. The summed E-state index contributed by atoms with van der Waals surface area (Å²) in [5.74, 6) is 1.57.